The number of thioether (sulfide) groups is 1. The van der Waals surface area contributed by atoms with E-state index in [0.717, 1.165) is 11.8 Å². The van der Waals surface area contributed by atoms with Gasteiger partial charge in [0.05, 0.1) is 0 Å². The van der Waals surface area contributed by atoms with Gasteiger partial charge in [0.25, 0.3) is 5.91 Å². The third kappa shape index (κ3) is 1.94. The van der Waals surface area contributed by atoms with Gasteiger partial charge < -0.3 is 5.32 Å². The minimum Gasteiger partial charge on any atom is -0.323 e. The van der Waals surface area contributed by atoms with Gasteiger partial charge in [-0.25, -0.2) is 13.0 Å². The van der Waals surface area contributed by atoms with E-state index in [-0.39, 0.29) is 5.91 Å². The fourth-order valence-electron chi connectivity index (χ4n) is 3.31. The molecule has 1 spiro atoms. The molecule has 5 rings (SSSR count). The number of fused-ring (bicyclic) bond motifs is 2. The maximum Gasteiger partial charge on any atom is 0.266 e. The van der Waals surface area contributed by atoms with Crippen molar-refractivity contribution >= 4 is 40.0 Å². The van der Waals surface area contributed by atoms with Crippen LogP contribution >= 0.6 is 11.8 Å². The highest BCUT2D eigenvalue weighted by atomic mass is 32.2. The summed E-state index contributed by atoms with van der Waals surface area (Å²) < 4.78 is 40.1. The minimum absolute atomic E-state index is 0.388. The zero-order chi connectivity index (χ0) is 18.1. The number of nitrogens with zero attached hydrogens (tertiary/aromatic N) is 1. The smallest absolute Gasteiger partial charge is 0.266 e. The minimum atomic E-state index is -1.55. The van der Waals surface area contributed by atoms with E-state index in [2.05, 4.69) is 15.6 Å². The Kier molecular flexibility index (Phi) is 3.21. The summed E-state index contributed by atoms with van der Waals surface area (Å²) in [4.78, 5) is 15.9. The van der Waals surface area contributed by atoms with Crippen molar-refractivity contribution in [1.82, 2.24) is 10.3 Å². The maximum atomic E-state index is 14.0. The predicted molar refractivity (Wildman–Crippen MR) is 94.6 cm³/mol. The summed E-state index contributed by atoms with van der Waals surface area (Å²) in [5, 5.41) is 2.76. The van der Waals surface area contributed by atoms with Gasteiger partial charge in [0.15, 0.2) is 11.0 Å². The zero-order valence-corrected chi connectivity index (χ0v) is 14.5. The highest BCUT2D eigenvalue weighted by Gasteiger charge is 2.60. The average Bonchev–Trinajstić information content (AvgIpc) is 3.23. The lowest BCUT2D eigenvalue weighted by atomic mass is 10.0. The Hall–Kier alpha value is -2.43. The molecule has 2 unspecified atom stereocenters. The van der Waals surface area contributed by atoms with Gasteiger partial charge in [-0.15, -0.1) is 4.83 Å². The molecule has 0 aromatic heterocycles. The fraction of sp³-hybridized carbons (Fsp3) is 0.0625. The Bertz CT molecular complexity index is 1030. The van der Waals surface area contributed by atoms with Gasteiger partial charge in [-0.1, -0.05) is 11.8 Å². The van der Waals surface area contributed by atoms with Gasteiger partial charge in [-0.2, -0.15) is 0 Å². The molecule has 132 valence electrons. The molecule has 10 heteroatoms. The number of nitrogens with one attached hydrogen (secondary N) is 3. The van der Waals surface area contributed by atoms with Crippen LogP contribution in [-0.2, 0) is 20.7 Å². The largest absolute Gasteiger partial charge is 0.323 e. The molecule has 2 aromatic carbocycles. The lowest BCUT2D eigenvalue weighted by molar-refractivity contribution is -0.117. The Morgan fingerprint density at radius 3 is 2.58 bits per heavy atom. The molecule has 3 aliphatic heterocycles. The summed E-state index contributed by atoms with van der Waals surface area (Å²) in [5.74, 6) is -0.876. The number of carbonyl (C=O) groups is 1. The van der Waals surface area contributed by atoms with Crippen molar-refractivity contribution in [3.05, 3.63) is 69.7 Å². The fourth-order valence-corrected chi connectivity index (χ4v) is 5.92. The molecular weight excluding hydrogens is 382 g/mol. The molecule has 0 saturated heterocycles. The Balaban J connectivity index is 1.77. The number of amides is 1. The number of rotatable bonds is 1. The summed E-state index contributed by atoms with van der Waals surface area (Å²) in [7, 11) is -1.55. The molecule has 1 amide bonds. The molecule has 2 atom stereocenters. The van der Waals surface area contributed by atoms with Crippen molar-refractivity contribution in [2.24, 2.45) is 0 Å². The SMILES string of the molecule is O=C1Nc2ccc(F)cc2C12SC1=C(NNS1=O)N2c1ccc(F)cc1. The molecule has 26 heavy (non-hydrogen) atoms. The number of hydrazine groups is 1. The maximum absolute atomic E-state index is 14.0. The molecule has 3 aliphatic rings. The number of benzene rings is 2. The van der Waals surface area contributed by atoms with Crippen LogP contribution in [0.4, 0.5) is 20.2 Å². The van der Waals surface area contributed by atoms with E-state index in [1.807, 2.05) is 0 Å². The highest BCUT2D eigenvalue weighted by molar-refractivity contribution is 8.17. The van der Waals surface area contributed by atoms with Crippen LogP contribution in [0.25, 0.3) is 0 Å². The summed E-state index contributed by atoms with van der Waals surface area (Å²) in [5.41, 5.74) is 4.22. The second kappa shape index (κ2) is 5.29. The Morgan fingerprint density at radius 1 is 1.08 bits per heavy atom. The number of hydrogen-bond donors (Lipinski definition) is 3. The molecule has 2 aromatic rings. The van der Waals surface area contributed by atoms with Crippen LogP contribution in [-0.4, -0.2) is 10.1 Å². The summed E-state index contributed by atoms with van der Waals surface area (Å²) in [6.07, 6.45) is 0. The molecule has 0 aliphatic carbocycles. The third-order valence-electron chi connectivity index (χ3n) is 4.39. The number of hydrogen-bond acceptors (Lipinski definition) is 5. The molecule has 0 radical (unpaired) electrons. The molecule has 0 saturated carbocycles. The van der Waals surface area contributed by atoms with E-state index in [1.54, 1.807) is 4.90 Å². The van der Waals surface area contributed by atoms with E-state index in [0.29, 0.717) is 27.0 Å². The first-order valence-electron chi connectivity index (χ1n) is 7.55. The van der Waals surface area contributed by atoms with Crippen molar-refractivity contribution in [3.63, 3.8) is 0 Å². The molecule has 0 fully saturated rings. The number of halogens is 2. The lowest BCUT2D eigenvalue weighted by Gasteiger charge is -2.36. The quantitative estimate of drug-likeness (QED) is 0.694. The number of anilines is 2. The van der Waals surface area contributed by atoms with Gasteiger partial charge in [0.2, 0.25) is 4.87 Å². The first kappa shape index (κ1) is 15.8. The van der Waals surface area contributed by atoms with E-state index < -0.39 is 27.5 Å². The summed E-state index contributed by atoms with van der Waals surface area (Å²) >= 11 is 1.07. The van der Waals surface area contributed by atoms with Crippen LogP contribution in [0.3, 0.4) is 0 Å². The van der Waals surface area contributed by atoms with E-state index >= 15 is 0 Å². The first-order chi connectivity index (χ1) is 12.5. The van der Waals surface area contributed by atoms with Gasteiger partial charge >= 0.3 is 0 Å². The second-order valence-electron chi connectivity index (χ2n) is 5.83. The monoisotopic (exact) mass is 392 g/mol. The van der Waals surface area contributed by atoms with Crippen molar-refractivity contribution in [1.29, 1.82) is 0 Å². The van der Waals surface area contributed by atoms with Gasteiger partial charge in [-0.3, -0.25) is 15.1 Å². The van der Waals surface area contributed by atoms with Crippen LogP contribution in [0, 0.1) is 11.6 Å². The average molecular weight is 392 g/mol. The standard InChI is InChI=1S/C16H10F2N4O2S2/c17-8-1-4-10(5-2-8)22-13-14(26(24)21-20-13)25-16(22)11-7-9(18)3-6-12(11)19-15(16)23/h1-7,20-21H,(H,19,23). The van der Waals surface area contributed by atoms with E-state index in [9.17, 15) is 17.8 Å². The van der Waals surface area contributed by atoms with Crippen molar-refractivity contribution in [2.45, 2.75) is 4.87 Å². The van der Waals surface area contributed by atoms with Crippen LogP contribution in [0.5, 0.6) is 0 Å². The topological polar surface area (TPSA) is 73.5 Å². The van der Waals surface area contributed by atoms with Gasteiger partial charge in [0.1, 0.15) is 21.7 Å². The third-order valence-corrected chi connectivity index (χ3v) is 7.17. The molecule has 3 N–H and O–H groups in total. The molecule has 0 bridgehead atoms. The van der Waals surface area contributed by atoms with Crippen molar-refractivity contribution in [2.75, 3.05) is 10.2 Å². The van der Waals surface area contributed by atoms with Crippen LogP contribution in [0.2, 0.25) is 0 Å². The first-order valence-corrected chi connectivity index (χ1v) is 9.51. The van der Waals surface area contributed by atoms with Gasteiger partial charge in [0, 0.05) is 16.9 Å². The second-order valence-corrected chi connectivity index (χ2v) is 8.45. The molecule has 6 nitrogen and oxygen atoms in total. The number of carbonyl (C=O) groups excluding carboxylic acids is 1. The Labute approximate surface area is 153 Å². The summed E-state index contributed by atoms with van der Waals surface area (Å²) in [6, 6.07) is 9.61. The normalized spacial score (nSPS) is 26.2. The lowest BCUT2D eigenvalue weighted by Crippen LogP contribution is -2.49. The van der Waals surface area contributed by atoms with Gasteiger partial charge in [-0.05, 0) is 42.5 Å². The zero-order valence-electron chi connectivity index (χ0n) is 12.9. The molecular formula is C16H10F2N4O2S2. The summed E-state index contributed by atoms with van der Waals surface area (Å²) in [6.45, 7) is 0. The van der Waals surface area contributed by atoms with Crippen molar-refractivity contribution < 1.29 is 17.8 Å². The highest BCUT2D eigenvalue weighted by Crippen LogP contribution is 2.59. The van der Waals surface area contributed by atoms with Crippen LogP contribution < -0.4 is 20.5 Å². The Morgan fingerprint density at radius 2 is 1.81 bits per heavy atom. The van der Waals surface area contributed by atoms with Crippen molar-refractivity contribution in [3.8, 4) is 0 Å². The van der Waals surface area contributed by atoms with Crippen LogP contribution in [0.1, 0.15) is 5.56 Å². The molecule has 3 heterocycles. The predicted octanol–water partition coefficient (Wildman–Crippen LogP) is 2.22. The van der Waals surface area contributed by atoms with E-state index in [4.69, 9.17) is 0 Å². The van der Waals surface area contributed by atoms with Crippen LogP contribution in [0.15, 0.2) is 52.5 Å². The van der Waals surface area contributed by atoms with E-state index in [1.165, 1.54) is 42.5 Å².